The number of nitrogens with two attached hydrogens (primary N) is 1. The zero-order valence-electron chi connectivity index (χ0n) is 11.4. The molecule has 1 aromatic heterocycles. The fourth-order valence-corrected chi connectivity index (χ4v) is 2.80. The molecule has 0 aliphatic carbocycles. The zero-order chi connectivity index (χ0) is 13.0. The van der Waals surface area contributed by atoms with E-state index in [1.54, 1.807) is 0 Å². The molecule has 0 spiro atoms. The number of nitrogens with zero attached hydrogens (tertiary/aromatic N) is 3. The Morgan fingerprint density at radius 3 is 2.89 bits per heavy atom. The lowest BCUT2D eigenvalue weighted by Gasteiger charge is -2.43. The highest BCUT2D eigenvalue weighted by Crippen LogP contribution is 2.24. The smallest absolute Gasteiger partial charge is 0.0647 e. The van der Waals surface area contributed by atoms with Crippen molar-refractivity contribution in [2.75, 3.05) is 33.2 Å². The monoisotopic (exact) mass is 248 g/mol. The lowest BCUT2D eigenvalue weighted by atomic mass is 10.0. The normalized spacial score (nSPS) is 24.1. The Balaban J connectivity index is 2.16. The van der Waals surface area contributed by atoms with Crippen molar-refractivity contribution in [1.82, 2.24) is 14.8 Å². The van der Waals surface area contributed by atoms with Gasteiger partial charge in [0.05, 0.1) is 11.7 Å². The lowest BCUT2D eigenvalue weighted by molar-refractivity contribution is 0.0506. The van der Waals surface area contributed by atoms with Crippen molar-refractivity contribution in [1.29, 1.82) is 0 Å². The van der Waals surface area contributed by atoms with Gasteiger partial charge in [0.1, 0.15) is 0 Å². The van der Waals surface area contributed by atoms with Gasteiger partial charge in [-0.25, -0.2) is 0 Å². The summed E-state index contributed by atoms with van der Waals surface area (Å²) in [6.45, 7) is 6.20. The Morgan fingerprint density at radius 2 is 2.28 bits per heavy atom. The maximum atomic E-state index is 5.99. The first-order valence-corrected chi connectivity index (χ1v) is 6.81. The van der Waals surface area contributed by atoms with Crippen LogP contribution in [-0.2, 0) is 0 Å². The van der Waals surface area contributed by atoms with Crippen LogP contribution in [0.5, 0.6) is 0 Å². The molecular weight excluding hydrogens is 224 g/mol. The predicted octanol–water partition coefficient (Wildman–Crippen LogP) is 1.11. The van der Waals surface area contributed by atoms with E-state index in [1.807, 2.05) is 18.3 Å². The number of hydrogen-bond donors (Lipinski definition) is 1. The van der Waals surface area contributed by atoms with Gasteiger partial charge in [-0.3, -0.25) is 9.88 Å². The molecule has 1 saturated heterocycles. The van der Waals surface area contributed by atoms with Gasteiger partial charge in [0.25, 0.3) is 0 Å². The van der Waals surface area contributed by atoms with E-state index in [1.165, 1.54) is 0 Å². The first kappa shape index (κ1) is 13.5. The van der Waals surface area contributed by atoms with E-state index < -0.39 is 0 Å². The van der Waals surface area contributed by atoms with Crippen LogP contribution in [0.4, 0.5) is 0 Å². The molecule has 1 aliphatic rings. The van der Waals surface area contributed by atoms with E-state index in [9.17, 15) is 0 Å². The minimum absolute atomic E-state index is 0.254. The van der Waals surface area contributed by atoms with Crippen molar-refractivity contribution >= 4 is 0 Å². The van der Waals surface area contributed by atoms with Gasteiger partial charge in [-0.1, -0.05) is 13.0 Å². The number of pyridine rings is 1. The summed E-state index contributed by atoms with van der Waals surface area (Å²) in [5.74, 6) is 0. The van der Waals surface area contributed by atoms with Gasteiger partial charge < -0.3 is 10.6 Å². The predicted molar refractivity (Wildman–Crippen MR) is 74.3 cm³/mol. The standard InChI is InChI=1S/C14H24N4/c1-3-12-11-17(2)8-9-18(12)14(10-15)13-6-4-5-7-16-13/h4-7,12,14H,3,8-11,15H2,1-2H3. The summed E-state index contributed by atoms with van der Waals surface area (Å²) < 4.78 is 0. The van der Waals surface area contributed by atoms with Crippen molar-refractivity contribution in [2.45, 2.75) is 25.4 Å². The summed E-state index contributed by atoms with van der Waals surface area (Å²) in [7, 11) is 2.19. The molecular formula is C14H24N4. The van der Waals surface area contributed by atoms with Crippen LogP contribution in [0.15, 0.2) is 24.4 Å². The summed E-state index contributed by atoms with van der Waals surface area (Å²) in [6.07, 6.45) is 3.02. The third-order valence-electron chi connectivity index (χ3n) is 3.86. The lowest BCUT2D eigenvalue weighted by Crippen LogP contribution is -2.54. The number of hydrogen-bond acceptors (Lipinski definition) is 4. The Hall–Kier alpha value is -0.970. The second-order valence-electron chi connectivity index (χ2n) is 5.07. The quantitative estimate of drug-likeness (QED) is 0.867. The number of aromatic nitrogens is 1. The van der Waals surface area contributed by atoms with Crippen LogP contribution in [0.3, 0.4) is 0 Å². The first-order valence-electron chi connectivity index (χ1n) is 6.81. The van der Waals surface area contributed by atoms with Gasteiger partial charge in [0.15, 0.2) is 0 Å². The molecule has 2 N–H and O–H groups in total. The SMILES string of the molecule is CCC1CN(C)CCN1C(CN)c1ccccn1. The maximum absolute atomic E-state index is 5.99. The van der Waals surface area contributed by atoms with Gasteiger partial charge in [0, 0.05) is 38.4 Å². The Morgan fingerprint density at radius 1 is 1.44 bits per heavy atom. The molecule has 1 aliphatic heterocycles. The average molecular weight is 248 g/mol. The molecule has 0 saturated carbocycles. The molecule has 4 heteroatoms. The molecule has 2 atom stereocenters. The molecule has 0 amide bonds. The number of likely N-dealkylation sites (N-methyl/N-ethyl adjacent to an activating group) is 1. The van der Waals surface area contributed by atoms with Crippen LogP contribution in [0.25, 0.3) is 0 Å². The highest BCUT2D eigenvalue weighted by atomic mass is 15.3. The summed E-state index contributed by atoms with van der Waals surface area (Å²) in [5.41, 5.74) is 7.09. The molecule has 0 aromatic carbocycles. The minimum Gasteiger partial charge on any atom is -0.329 e. The van der Waals surface area contributed by atoms with Gasteiger partial charge >= 0.3 is 0 Å². The Bertz CT molecular complexity index is 354. The first-order chi connectivity index (χ1) is 8.76. The highest BCUT2D eigenvalue weighted by molar-refractivity contribution is 5.10. The van der Waals surface area contributed by atoms with Crippen molar-refractivity contribution in [3.05, 3.63) is 30.1 Å². The molecule has 4 nitrogen and oxygen atoms in total. The molecule has 100 valence electrons. The largest absolute Gasteiger partial charge is 0.329 e. The second kappa shape index (κ2) is 6.27. The summed E-state index contributed by atoms with van der Waals surface area (Å²) in [5, 5.41) is 0. The number of piperazine rings is 1. The van der Waals surface area contributed by atoms with Crippen LogP contribution in [0.1, 0.15) is 25.1 Å². The fraction of sp³-hybridized carbons (Fsp3) is 0.643. The third-order valence-corrected chi connectivity index (χ3v) is 3.86. The summed E-state index contributed by atoms with van der Waals surface area (Å²) in [4.78, 5) is 9.41. The molecule has 1 fully saturated rings. The third kappa shape index (κ3) is 2.88. The molecule has 18 heavy (non-hydrogen) atoms. The van der Waals surface area contributed by atoms with Crippen molar-refractivity contribution in [2.24, 2.45) is 5.73 Å². The molecule has 1 aromatic rings. The van der Waals surface area contributed by atoms with Crippen LogP contribution >= 0.6 is 0 Å². The second-order valence-corrected chi connectivity index (χ2v) is 5.07. The van der Waals surface area contributed by atoms with Gasteiger partial charge in [-0.05, 0) is 25.6 Å². The highest BCUT2D eigenvalue weighted by Gasteiger charge is 2.30. The zero-order valence-corrected chi connectivity index (χ0v) is 11.4. The van der Waals surface area contributed by atoms with Gasteiger partial charge in [-0.15, -0.1) is 0 Å². The molecule has 2 unspecified atom stereocenters. The van der Waals surface area contributed by atoms with E-state index in [0.29, 0.717) is 12.6 Å². The maximum Gasteiger partial charge on any atom is 0.0647 e. The topological polar surface area (TPSA) is 45.4 Å². The number of rotatable bonds is 4. The van der Waals surface area contributed by atoms with Crippen LogP contribution < -0.4 is 5.73 Å². The average Bonchev–Trinajstić information content (AvgIpc) is 2.42. The van der Waals surface area contributed by atoms with Gasteiger partial charge in [-0.2, -0.15) is 0 Å². The Kier molecular flexibility index (Phi) is 4.69. The van der Waals surface area contributed by atoms with Gasteiger partial charge in [0.2, 0.25) is 0 Å². The Labute approximate surface area is 110 Å². The molecule has 2 heterocycles. The summed E-state index contributed by atoms with van der Waals surface area (Å²) in [6, 6.07) is 6.92. The van der Waals surface area contributed by atoms with Crippen LogP contribution in [0, 0.1) is 0 Å². The van der Waals surface area contributed by atoms with E-state index in [-0.39, 0.29) is 6.04 Å². The molecule has 0 bridgehead atoms. The van der Waals surface area contributed by atoms with E-state index in [4.69, 9.17) is 5.73 Å². The molecule has 0 radical (unpaired) electrons. The van der Waals surface area contributed by atoms with E-state index in [2.05, 4.69) is 34.8 Å². The van der Waals surface area contributed by atoms with Crippen LogP contribution in [0.2, 0.25) is 0 Å². The van der Waals surface area contributed by atoms with E-state index >= 15 is 0 Å². The van der Waals surface area contributed by atoms with E-state index in [0.717, 1.165) is 31.7 Å². The van der Waals surface area contributed by atoms with Crippen molar-refractivity contribution in [3.63, 3.8) is 0 Å². The van der Waals surface area contributed by atoms with Crippen LogP contribution in [-0.4, -0.2) is 54.1 Å². The van der Waals surface area contributed by atoms with Crippen molar-refractivity contribution in [3.8, 4) is 0 Å². The fourth-order valence-electron chi connectivity index (χ4n) is 2.80. The molecule has 2 rings (SSSR count). The summed E-state index contributed by atoms with van der Waals surface area (Å²) >= 11 is 0. The van der Waals surface area contributed by atoms with Crippen molar-refractivity contribution < 1.29 is 0 Å². The minimum atomic E-state index is 0.254.